The second-order valence-corrected chi connectivity index (χ2v) is 8.18. The van der Waals surface area contributed by atoms with Gasteiger partial charge in [-0.3, -0.25) is 4.79 Å². The number of rotatable bonds is 4. The standard InChI is InChI=1S/C20H22Cl2FN3O/c1-20(2,16-5-4-15(23)11-17(16)22)25-19(27)13-7-9-26(10-8-13)18-6-3-14(21)12-24-18/h3-6,11-13H,7-10H2,1-2H3,(H,25,27). The highest BCUT2D eigenvalue weighted by Crippen LogP contribution is 2.30. The van der Waals surface area contributed by atoms with E-state index in [0.717, 1.165) is 31.7 Å². The number of carbonyl (C=O) groups excluding carboxylic acids is 1. The van der Waals surface area contributed by atoms with Gasteiger partial charge in [-0.25, -0.2) is 9.37 Å². The van der Waals surface area contributed by atoms with Gasteiger partial charge < -0.3 is 10.2 Å². The fourth-order valence-corrected chi connectivity index (χ4v) is 3.91. The van der Waals surface area contributed by atoms with E-state index < -0.39 is 11.4 Å². The molecule has 1 saturated heterocycles. The Bertz CT molecular complexity index is 818. The van der Waals surface area contributed by atoms with E-state index in [1.54, 1.807) is 12.3 Å². The molecule has 7 heteroatoms. The minimum absolute atomic E-state index is 0.0101. The summed E-state index contributed by atoms with van der Waals surface area (Å²) in [6.45, 7) is 5.25. The Balaban J connectivity index is 1.61. The predicted molar refractivity (Wildman–Crippen MR) is 107 cm³/mol. The van der Waals surface area contributed by atoms with E-state index in [4.69, 9.17) is 23.2 Å². The van der Waals surface area contributed by atoms with E-state index in [1.807, 2.05) is 26.0 Å². The van der Waals surface area contributed by atoms with Crippen molar-refractivity contribution >= 4 is 34.9 Å². The van der Waals surface area contributed by atoms with E-state index in [0.29, 0.717) is 15.6 Å². The molecule has 0 unspecified atom stereocenters. The average molecular weight is 410 g/mol. The lowest BCUT2D eigenvalue weighted by molar-refractivity contribution is -0.127. The van der Waals surface area contributed by atoms with Crippen molar-refractivity contribution in [2.24, 2.45) is 5.92 Å². The van der Waals surface area contributed by atoms with E-state index in [2.05, 4.69) is 15.2 Å². The molecule has 144 valence electrons. The molecule has 4 nitrogen and oxygen atoms in total. The zero-order chi connectivity index (χ0) is 19.6. The molecule has 2 heterocycles. The average Bonchev–Trinajstić information content (AvgIpc) is 2.62. The molecule has 0 aliphatic carbocycles. The summed E-state index contributed by atoms with van der Waals surface area (Å²) in [5.41, 5.74) is 0.0122. The van der Waals surface area contributed by atoms with Crippen molar-refractivity contribution in [2.75, 3.05) is 18.0 Å². The zero-order valence-electron chi connectivity index (χ0n) is 15.3. The Morgan fingerprint density at radius 2 is 1.93 bits per heavy atom. The summed E-state index contributed by atoms with van der Waals surface area (Å²) >= 11 is 12.0. The van der Waals surface area contributed by atoms with Crippen LogP contribution in [0.2, 0.25) is 10.0 Å². The van der Waals surface area contributed by atoms with Crippen LogP contribution >= 0.6 is 23.2 Å². The number of nitrogens with one attached hydrogen (secondary N) is 1. The normalized spacial score (nSPS) is 15.7. The summed E-state index contributed by atoms with van der Waals surface area (Å²) in [6, 6.07) is 7.95. The summed E-state index contributed by atoms with van der Waals surface area (Å²) in [5.74, 6) is 0.391. The Hall–Kier alpha value is -1.85. The quantitative estimate of drug-likeness (QED) is 0.788. The Morgan fingerprint density at radius 3 is 2.52 bits per heavy atom. The third kappa shape index (κ3) is 4.71. The maximum atomic E-state index is 13.3. The molecule has 1 aliphatic rings. The van der Waals surface area contributed by atoms with E-state index in [1.165, 1.54) is 12.1 Å². The van der Waals surface area contributed by atoms with Crippen molar-refractivity contribution in [1.29, 1.82) is 0 Å². The molecule has 1 fully saturated rings. The molecule has 1 aliphatic heterocycles. The molecular weight excluding hydrogens is 388 g/mol. The van der Waals surface area contributed by atoms with Crippen molar-refractivity contribution in [1.82, 2.24) is 10.3 Å². The van der Waals surface area contributed by atoms with Crippen LogP contribution in [-0.4, -0.2) is 24.0 Å². The third-order valence-electron chi connectivity index (χ3n) is 4.94. The largest absolute Gasteiger partial charge is 0.357 e. The maximum Gasteiger partial charge on any atom is 0.223 e. The molecular formula is C20H22Cl2FN3O. The second kappa shape index (κ2) is 8.03. The van der Waals surface area contributed by atoms with Crippen LogP contribution < -0.4 is 10.2 Å². The van der Waals surface area contributed by atoms with Crippen LogP contribution in [0.4, 0.5) is 10.2 Å². The Kier molecular flexibility index (Phi) is 5.92. The van der Waals surface area contributed by atoms with Gasteiger partial charge in [-0.1, -0.05) is 29.3 Å². The number of nitrogens with zero attached hydrogens (tertiary/aromatic N) is 2. The number of anilines is 1. The monoisotopic (exact) mass is 409 g/mol. The van der Waals surface area contributed by atoms with Crippen molar-refractivity contribution in [3.63, 3.8) is 0 Å². The second-order valence-electron chi connectivity index (χ2n) is 7.33. The highest BCUT2D eigenvalue weighted by Gasteiger charge is 2.31. The molecule has 0 radical (unpaired) electrons. The molecule has 0 atom stereocenters. The summed E-state index contributed by atoms with van der Waals surface area (Å²) in [6.07, 6.45) is 3.11. The van der Waals surface area contributed by atoms with Gasteiger partial charge in [0.25, 0.3) is 0 Å². The molecule has 1 aromatic carbocycles. The van der Waals surface area contributed by atoms with Gasteiger partial charge in [-0.15, -0.1) is 0 Å². The topological polar surface area (TPSA) is 45.2 Å². The van der Waals surface area contributed by atoms with Crippen LogP contribution in [0.25, 0.3) is 0 Å². The van der Waals surface area contributed by atoms with Gasteiger partial charge in [-0.2, -0.15) is 0 Å². The Morgan fingerprint density at radius 1 is 1.22 bits per heavy atom. The van der Waals surface area contributed by atoms with Crippen LogP contribution in [0, 0.1) is 11.7 Å². The lowest BCUT2D eigenvalue weighted by Gasteiger charge is -2.35. The predicted octanol–water partition coefficient (Wildman–Crippen LogP) is 4.80. The minimum atomic E-state index is -0.684. The first kappa shape index (κ1) is 19.9. The number of hydrogen-bond acceptors (Lipinski definition) is 3. The van der Waals surface area contributed by atoms with E-state index in [-0.39, 0.29) is 11.8 Å². The number of pyridine rings is 1. The molecule has 2 aromatic rings. The molecule has 1 amide bonds. The highest BCUT2D eigenvalue weighted by molar-refractivity contribution is 6.31. The highest BCUT2D eigenvalue weighted by atomic mass is 35.5. The van der Waals surface area contributed by atoms with Crippen LogP contribution in [0.15, 0.2) is 36.5 Å². The van der Waals surface area contributed by atoms with Crippen LogP contribution in [0.1, 0.15) is 32.3 Å². The maximum absolute atomic E-state index is 13.3. The zero-order valence-corrected chi connectivity index (χ0v) is 16.8. The summed E-state index contributed by atoms with van der Waals surface area (Å²) < 4.78 is 13.3. The molecule has 1 aromatic heterocycles. The summed E-state index contributed by atoms with van der Waals surface area (Å²) in [5, 5.41) is 3.98. The SMILES string of the molecule is CC(C)(NC(=O)C1CCN(c2ccc(Cl)cn2)CC1)c1ccc(F)cc1Cl. The Labute approximate surface area is 168 Å². The van der Waals surface area contributed by atoms with Crippen LogP contribution in [0.5, 0.6) is 0 Å². The van der Waals surface area contributed by atoms with Gasteiger partial charge in [0, 0.05) is 30.2 Å². The lowest BCUT2D eigenvalue weighted by Crippen LogP contribution is -2.47. The molecule has 0 bridgehead atoms. The first-order chi connectivity index (χ1) is 12.8. The van der Waals surface area contributed by atoms with Crippen molar-refractivity contribution < 1.29 is 9.18 Å². The number of benzene rings is 1. The number of halogens is 3. The van der Waals surface area contributed by atoms with Gasteiger partial charge in [0.2, 0.25) is 5.91 Å². The van der Waals surface area contributed by atoms with Crippen molar-refractivity contribution in [3.8, 4) is 0 Å². The number of hydrogen-bond donors (Lipinski definition) is 1. The fourth-order valence-electron chi connectivity index (χ4n) is 3.40. The molecule has 3 rings (SSSR count). The molecule has 0 saturated carbocycles. The number of piperidine rings is 1. The van der Waals surface area contributed by atoms with Gasteiger partial charge in [0.1, 0.15) is 11.6 Å². The van der Waals surface area contributed by atoms with E-state index >= 15 is 0 Å². The first-order valence-electron chi connectivity index (χ1n) is 8.90. The van der Waals surface area contributed by atoms with Crippen LogP contribution in [0.3, 0.4) is 0 Å². The summed E-state index contributed by atoms with van der Waals surface area (Å²) in [7, 11) is 0. The van der Waals surface area contributed by atoms with Crippen LogP contribution in [-0.2, 0) is 10.3 Å². The molecule has 1 N–H and O–H groups in total. The minimum Gasteiger partial charge on any atom is -0.357 e. The first-order valence-corrected chi connectivity index (χ1v) is 9.66. The van der Waals surface area contributed by atoms with Gasteiger partial charge in [0.05, 0.1) is 10.6 Å². The molecule has 0 spiro atoms. The number of amides is 1. The third-order valence-corrected chi connectivity index (χ3v) is 5.48. The van der Waals surface area contributed by atoms with Gasteiger partial charge in [-0.05, 0) is 56.5 Å². The number of carbonyl (C=O) groups is 1. The van der Waals surface area contributed by atoms with Crippen molar-refractivity contribution in [3.05, 3.63) is 58.0 Å². The van der Waals surface area contributed by atoms with Gasteiger partial charge in [0.15, 0.2) is 0 Å². The van der Waals surface area contributed by atoms with Gasteiger partial charge >= 0.3 is 0 Å². The molecule has 27 heavy (non-hydrogen) atoms. The summed E-state index contributed by atoms with van der Waals surface area (Å²) in [4.78, 5) is 19.3. The van der Waals surface area contributed by atoms with Crippen molar-refractivity contribution in [2.45, 2.75) is 32.2 Å². The lowest BCUT2D eigenvalue weighted by atomic mass is 9.90. The fraction of sp³-hybridized carbons (Fsp3) is 0.400. The van der Waals surface area contributed by atoms with E-state index in [9.17, 15) is 9.18 Å². The number of aromatic nitrogens is 1. The smallest absolute Gasteiger partial charge is 0.223 e.